The van der Waals surface area contributed by atoms with E-state index in [1.54, 1.807) is 73.8 Å². The number of carbonyl (C=O) groups is 4. The normalized spacial score (nSPS) is 13.2. The Labute approximate surface area is 306 Å². The monoisotopic (exact) mass is 727 g/mol. The average Bonchev–Trinajstić information content (AvgIpc) is 3.32. The molecule has 0 saturated carbocycles. The van der Waals surface area contributed by atoms with E-state index in [0.717, 1.165) is 47.4 Å². The second-order valence-corrected chi connectivity index (χ2v) is 14.1. The Bertz CT molecular complexity index is 1920. The number of esters is 1. The average molecular weight is 728 g/mol. The lowest BCUT2D eigenvalue weighted by Crippen LogP contribution is -2.30. The van der Waals surface area contributed by atoms with Crippen LogP contribution < -0.4 is 25.4 Å². The molecule has 0 spiro atoms. The van der Waals surface area contributed by atoms with Gasteiger partial charge in [0.15, 0.2) is 0 Å². The molecular weight excluding hydrogens is 687 g/mol. The van der Waals surface area contributed by atoms with Crippen LogP contribution in [0.5, 0.6) is 11.5 Å². The van der Waals surface area contributed by atoms with E-state index >= 15 is 0 Å². The molecule has 4 aromatic rings. The summed E-state index contributed by atoms with van der Waals surface area (Å²) in [7, 11) is 4.41. The number of nitrogens with one attached hydrogen (secondary N) is 3. The predicted octanol–water partition coefficient (Wildman–Crippen LogP) is 7.74. The number of thiophene rings is 1. The minimum absolute atomic E-state index is 0.00746. The first-order valence-corrected chi connectivity index (χ1v) is 18.4. The third-order valence-corrected chi connectivity index (χ3v) is 10.9. The van der Waals surface area contributed by atoms with Crippen molar-refractivity contribution in [3.8, 4) is 11.5 Å². The maximum absolute atomic E-state index is 13.8. The second-order valence-electron chi connectivity index (χ2n) is 11.7. The van der Waals surface area contributed by atoms with Crippen LogP contribution in [0.15, 0.2) is 83.4 Å². The van der Waals surface area contributed by atoms with E-state index in [0.29, 0.717) is 45.3 Å². The molecule has 1 atom stereocenters. The van der Waals surface area contributed by atoms with Crippen molar-refractivity contribution < 1.29 is 33.4 Å². The minimum atomic E-state index is -0.558. The molecule has 0 bridgehead atoms. The largest absolute Gasteiger partial charge is 0.497 e. The smallest absolute Gasteiger partial charge is 0.341 e. The summed E-state index contributed by atoms with van der Waals surface area (Å²) in [5, 5.41) is 8.72. The van der Waals surface area contributed by atoms with Crippen LogP contribution in [0.3, 0.4) is 0 Å². The minimum Gasteiger partial charge on any atom is -0.497 e. The van der Waals surface area contributed by atoms with E-state index < -0.39 is 23.0 Å². The van der Waals surface area contributed by atoms with Crippen molar-refractivity contribution in [3.05, 3.63) is 106 Å². The summed E-state index contributed by atoms with van der Waals surface area (Å²) in [5.74, 6) is -0.647. The lowest BCUT2D eigenvalue weighted by molar-refractivity contribution is -0.116. The Kier molecular flexibility index (Phi) is 12.9. The molecule has 1 unspecified atom stereocenters. The van der Waals surface area contributed by atoms with Gasteiger partial charge in [-0.1, -0.05) is 37.6 Å². The first kappa shape index (κ1) is 37.2. The first-order valence-electron chi connectivity index (χ1n) is 16.7. The number of thioether (sulfide) groups is 1. The van der Waals surface area contributed by atoms with Crippen LogP contribution in [0.1, 0.15) is 69.3 Å². The molecule has 12 heteroatoms. The van der Waals surface area contributed by atoms with E-state index in [4.69, 9.17) is 14.2 Å². The van der Waals surface area contributed by atoms with Crippen molar-refractivity contribution in [1.82, 2.24) is 5.32 Å². The molecule has 51 heavy (non-hydrogen) atoms. The standard InChI is InChI=1S/C39H41N3O7S2/c1-5-32(37(45)42-38-34(39(46)49-4)29-17-10-7-11-18-33(29)51-38)50-28-16-12-15-26(22-28)40-36(44)30(41-35(43)24-13-8-6-9-14-24)21-25-19-20-27(47-2)23-31(25)48-3/h6,8-9,12-16,19-23,32H,5,7,10-11,17-18H2,1-4H3,(H,40,44)(H,41,43)(H,42,45)/b30-21+. The lowest BCUT2D eigenvalue weighted by Gasteiger charge is -2.16. The molecular formula is C39H41N3O7S2. The number of rotatable bonds is 13. The van der Waals surface area contributed by atoms with Gasteiger partial charge < -0.3 is 30.2 Å². The zero-order valence-corrected chi connectivity index (χ0v) is 30.6. The lowest BCUT2D eigenvalue weighted by atomic mass is 10.1. The Hall–Kier alpha value is -5.07. The highest BCUT2D eigenvalue weighted by Crippen LogP contribution is 2.39. The van der Waals surface area contributed by atoms with Crippen molar-refractivity contribution in [3.63, 3.8) is 0 Å². The second kappa shape index (κ2) is 17.7. The number of hydrogen-bond donors (Lipinski definition) is 3. The van der Waals surface area contributed by atoms with Crippen molar-refractivity contribution in [2.24, 2.45) is 0 Å². The van der Waals surface area contributed by atoms with Gasteiger partial charge in [0.1, 0.15) is 22.2 Å². The highest BCUT2D eigenvalue weighted by atomic mass is 32.2. The fraction of sp³-hybridized carbons (Fsp3) is 0.282. The molecule has 3 amide bonds. The van der Waals surface area contributed by atoms with Crippen LogP contribution in [0.4, 0.5) is 10.7 Å². The summed E-state index contributed by atoms with van der Waals surface area (Å²) in [6, 6.07) is 20.9. The molecule has 1 aliphatic carbocycles. The molecule has 1 aromatic heterocycles. The van der Waals surface area contributed by atoms with E-state index in [-0.39, 0.29) is 11.6 Å². The number of carbonyl (C=O) groups excluding carboxylic acids is 4. The van der Waals surface area contributed by atoms with Gasteiger partial charge >= 0.3 is 5.97 Å². The third-order valence-electron chi connectivity index (χ3n) is 8.35. The van der Waals surface area contributed by atoms with Gasteiger partial charge in [0.25, 0.3) is 11.8 Å². The van der Waals surface area contributed by atoms with Crippen LogP contribution in [0, 0.1) is 0 Å². The van der Waals surface area contributed by atoms with E-state index in [1.165, 1.54) is 43.4 Å². The predicted molar refractivity (Wildman–Crippen MR) is 202 cm³/mol. The van der Waals surface area contributed by atoms with Crippen molar-refractivity contribution in [1.29, 1.82) is 0 Å². The zero-order chi connectivity index (χ0) is 36.3. The molecule has 0 fully saturated rings. The molecule has 1 heterocycles. The van der Waals surface area contributed by atoms with E-state index in [1.807, 2.05) is 13.0 Å². The summed E-state index contributed by atoms with van der Waals surface area (Å²) in [5.41, 5.74) is 2.85. The van der Waals surface area contributed by atoms with Crippen LogP contribution in [-0.2, 0) is 27.2 Å². The van der Waals surface area contributed by atoms with Crippen molar-refractivity contribution >= 4 is 63.6 Å². The molecule has 5 rings (SSSR count). The third kappa shape index (κ3) is 9.39. The number of aryl methyl sites for hydroxylation is 1. The fourth-order valence-corrected chi connectivity index (χ4v) is 8.00. The van der Waals surface area contributed by atoms with E-state index in [9.17, 15) is 19.2 Å². The van der Waals surface area contributed by atoms with Crippen molar-refractivity contribution in [2.45, 2.75) is 55.6 Å². The fourth-order valence-electron chi connectivity index (χ4n) is 5.71. The molecule has 10 nitrogen and oxygen atoms in total. The van der Waals surface area contributed by atoms with E-state index in [2.05, 4.69) is 16.0 Å². The Morgan fingerprint density at radius 3 is 2.39 bits per heavy atom. The van der Waals surface area contributed by atoms with Gasteiger partial charge in [-0.3, -0.25) is 14.4 Å². The van der Waals surface area contributed by atoms with Crippen LogP contribution in [0.2, 0.25) is 0 Å². The summed E-state index contributed by atoms with van der Waals surface area (Å²) < 4.78 is 15.9. The molecule has 0 aliphatic heterocycles. The van der Waals surface area contributed by atoms with Gasteiger partial charge in [0.2, 0.25) is 5.91 Å². The number of anilines is 2. The molecule has 0 radical (unpaired) electrons. The maximum Gasteiger partial charge on any atom is 0.341 e. The first-order chi connectivity index (χ1) is 24.7. The molecule has 3 N–H and O–H groups in total. The van der Waals surface area contributed by atoms with Crippen molar-refractivity contribution in [2.75, 3.05) is 32.0 Å². The molecule has 1 aliphatic rings. The highest BCUT2D eigenvalue weighted by Gasteiger charge is 2.28. The Morgan fingerprint density at radius 1 is 0.882 bits per heavy atom. The molecule has 266 valence electrons. The number of amides is 3. The summed E-state index contributed by atoms with van der Waals surface area (Å²) >= 11 is 2.82. The Morgan fingerprint density at radius 2 is 1.67 bits per heavy atom. The van der Waals surface area contributed by atoms with Crippen LogP contribution >= 0.6 is 23.1 Å². The number of ether oxygens (including phenoxy) is 3. The highest BCUT2D eigenvalue weighted by molar-refractivity contribution is 8.00. The van der Waals surface area contributed by atoms with Gasteiger partial charge in [-0.05, 0) is 86.2 Å². The Balaban J connectivity index is 1.35. The topological polar surface area (TPSA) is 132 Å². The van der Waals surface area contributed by atoms with Gasteiger partial charge in [0, 0.05) is 32.7 Å². The zero-order valence-electron chi connectivity index (χ0n) is 29.0. The summed E-state index contributed by atoms with van der Waals surface area (Å²) in [4.78, 5) is 55.2. The van der Waals surface area contributed by atoms with Crippen LogP contribution in [-0.4, -0.2) is 50.3 Å². The van der Waals surface area contributed by atoms with Gasteiger partial charge in [-0.2, -0.15) is 0 Å². The summed E-state index contributed by atoms with van der Waals surface area (Å²) in [6.07, 6.45) is 6.88. The number of benzene rings is 3. The van der Waals surface area contributed by atoms with Crippen LogP contribution in [0.25, 0.3) is 6.08 Å². The molecule has 0 saturated heterocycles. The number of fused-ring (bicyclic) bond motifs is 1. The van der Waals surface area contributed by atoms with Gasteiger partial charge in [-0.15, -0.1) is 23.1 Å². The number of hydrogen-bond acceptors (Lipinski definition) is 9. The van der Waals surface area contributed by atoms with Gasteiger partial charge in [0.05, 0.1) is 32.1 Å². The number of methoxy groups -OCH3 is 3. The molecule has 3 aromatic carbocycles. The van der Waals surface area contributed by atoms with Gasteiger partial charge in [-0.25, -0.2) is 4.79 Å². The SMILES string of the molecule is CCC(Sc1cccc(NC(=O)/C(=C\c2ccc(OC)cc2OC)NC(=O)c2ccccc2)c1)C(=O)Nc1sc2c(c1C(=O)OC)CCCCC2. The maximum atomic E-state index is 13.8. The summed E-state index contributed by atoms with van der Waals surface area (Å²) in [6.45, 7) is 1.92. The quantitative estimate of drug-likeness (QED) is 0.0552.